The van der Waals surface area contributed by atoms with E-state index in [2.05, 4.69) is 15.5 Å². The first-order chi connectivity index (χ1) is 8.47. The van der Waals surface area contributed by atoms with Crippen LogP contribution in [0, 0.1) is 0 Å². The molecule has 0 radical (unpaired) electrons. The molecule has 0 aliphatic heterocycles. The van der Waals surface area contributed by atoms with E-state index in [4.69, 9.17) is 4.42 Å². The van der Waals surface area contributed by atoms with Gasteiger partial charge in [-0.25, -0.2) is 0 Å². The first-order valence-electron chi connectivity index (χ1n) is 5.81. The molecule has 1 aromatic heterocycles. The third-order valence-corrected chi connectivity index (χ3v) is 2.49. The topological polar surface area (TPSA) is 71.2 Å². The van der Waals surface area contributed by atoms with Crippen molar-refractivity contribution in [2.75, 3.05) is 5.32 Å². The monoisotopic (exact) mass is 247 g/mol. The maximum Gasteiger partial charge on any atom is 0.315 e. The molecule has 2 rings (SSSR count). The summed E-state index contributed by atoms with van der Waals surface area (Å²) < 4.78 is 5.49. The lowest BCUT2D eigenvalue weighted by molar-refractivity contribution is 0.399. The fraction of sp³-hybridized carbons (Fsp3) is 0.385. The van der Waals surface area contributed by atoms with E-state index in [9.17, 15) is 5.11 Å². The Morgan fingerprint density at radius 2 is 1.94 bits per heavy atom. The van der Waals surface area contributed by atoms with Gasteiger partial charge in [0.05, 0.1) is 0 Å². The Bertz CT molecular complexity index is 529. The summed E-state index contributed by atoms with van der Waals surface area (Å²) in [7, 11) is 0. The lowest BCUT2D eigenvalue weighted by Gasteiger charge is -2.11. The van der Waals surface area contributed by atoms with Crippen molar-refractivity contribution in [1.82, 2.24) is 10.2 Å². The van der Waals surface area contributed by atoms with E-state index < -0.39 is 0 Å². The molecule has 0 unspecified atom stereocenters. The van der Waals surface area contributed by atoms with Gasteiger partial charge in [0.15, 0.2) is 0 Å². The average Bonchev–Trinajstić information content (AvgIpc) is 2.76. The van der Waals surface area contributed by atoms with Crippen molar-refractivity contribution in [2.24, 2.45) is 0 Å². The Morgan fingerprint density at radius 1 is 1.22 bits per heavy atom. The SMILES string of the molecule is CC(C)(C)c1nnc(NCc2ccccc2O)o1. The summed E-state index contributed by atoms with van der Waals surface area (Å²) in [5, 5.41) is 20.5. The van der Waals surface area contributed by atoms with Crippen LogP contribution in [0.5, 0.6) is 5.75 Å². The molecular formula is C13H17N3O2. The zero-order valence-electron chi connectivity index (χ0n) is 10.8. The van der Waals surface area contributed by atoms with Gasteiger partial charge in [-0.05, 0) is 6.07 Å². The van der Waals surface area contributed by atoms with E-state index in [0.717, 1.165) is 5.56 Å². The highest BCUT2D eigenvalue weighted by molar-refractivity contribution is 5.34. The van der Waals surface area contributed by atoms with Crippen molar-refractivity contribution in [2.45, 2.75) is 32.7 Å². The molecule has 0 bridgehead atoms. The maximum atomic E-state index is 9.62. The van der Waals surface area contributed by atoms with Crippen LogP contribution in [0.4, 0.5) is 6.01 Å². The van der Waals surface area contributed by atoms with Crippen molar-refractivity contribution < 1.29 is 9.52 Å². The van der Waals surface area contributed by atoms with Crippen molar-refractivity contribution in [1.29, 1.82) is 0 Å². The van der Waals surface area contributed by atoms with Crippen molar-refractivity contribution in [3.8, 4) is 5.75 Å². The summed E-state index contributed by atoms with van der Waals surface area (Å²) in [6.07, 6.45) is 0. The molecule has 0 spiro atoms. The Morgan fingerprint density at radius 3 is 2.56 bits per heavy atom. The molecule has 1 heterocycles. The van der Waals surface area contributed by atoms with Crippen LogP contribution in [0.1, 0.15) is 32.2 Å². The van der Waals surface area contributed by atoms with E-state index in [1.54, 1.807) is 12.1 Å². The lowest BCUT2D eigenvalue weighted by Crippen LogP contribution is -2.11. The second-order valence-corrected chi connectivity index (χ2v) is 5.14. The zero-order chi connectivity index (χ0) is 13.2. The summed E-state index contributed by atoms with van der Waals surface area (Å²) in [5.41, 5.74) is 0.620. The Kier molecular flexibility index (Phi) is 3.23. The lowest BCUT2D eigenvalue weighted by atomic mass is 9.97. The number of aromatic nitrogens is 2. The third-order valence-electron chi connectivity index (χ3n) is 2.49. The van der Waals surface area contributed by atoms with Gasteiger partial charge in [0.25, 0.3) is 0 Å². The number of nitrogens with one attached hydrogen (secondary N) is 1. The summed E-state index contributed by atoms with van der Waals surface area (Å²) in [6, 6.07) is 7.49. The second-order valence-electron chi connectivity index (χ2n) is 5.14. The fourth-order valence-electron chi connectivity index (χ4n) is 1.43. The highest BCUT2D eigenvalue weighted by Crippen LogP contribution is 2.23. The number of hydrogen-bond acceptors (Lipinski definition) is 5. The Balaban J connectivity index is 2.03. The standard InChI is InChI=1S/C13H17N3O2/c1-13(2,3)11-15-16-12(18-11)14-8-9-6-4-5-7-10(9)17/h4-7,17H,8H2,1-3H3,(H,14,16). The first kappa shape index (κ1) is 12.4. The number of benzene rings is 1. The van der Waals surface area contributed by atoms with Gasteiger partial charge in [-0.3, -0.25) is 0 Å². The molecule has 2 N–H and O–H groups in total. The minimum atomic E-state index is -0.165. The molecule has 1 aromatic carbocycles. The number of phenols is 1. The molecule has 0 aliphatic carbocycles. The molecule has 18 heavy (non-hydrogen) atoms. The van der Waals surface area contributed by atoms with Gasteiger partial charge in [0, 0.05) is 17.5 Å². The van der Waals surface area contributed by atoms with Crippen LogP contribution in [0.3, 0.4) is 0 Å². The van der Waals surface area contributed by atoms with Crippen LogP contribution < -0.4 is 5.32 Å². The average molecular weight is 247 g/mol. The molecule has 2 aromatic rings. The van der Waals surface area contributed by atoms with Crippen molar-refractivity contribution >= 4 is 6.01 Å². The fourth-order valence-corrected chi connectivity index (χ4v) is 1.43. The summed E-state index contributed by atoms with van der Waals surface area (Å²) in [6.45, 7) is 6.46. The van der Waals surface area contributed by atoms with Gasteiger partial charge in [-0.2, -0.15) is 0 Å². The van der Waals surface area contributed by atoms with E-state index in [1.807, 2.05) is 32.9 Å². The molecule has 0 amide bonds. The highest BCUT2D eigenvalue weighted by Gasteiger charge is 2.21. The molecule has 0 saturated heterocycles. The van der Waals surface area contributed by atoms with E-state index in [1.165, 1.54) is 0 Å². The molecule has 5 heteroatoms. The predicted molar refractivity (Wildman–Crippen MR) is 68.4 cm³/mol. The second kappa shape index (κ2) is 4.68. The molecule has 96 valence electrons. The number of para-hydroxylation sites is 1. The van der Waals surface area contributed by atoms with Crippen LogP contribution in [0.25, 0.3) is 0 Å². The summed E-state index contributed by atoms with van der Waals surface area (Å²) in [5.74, 6) is 0.836. The molecular weight excluding hydrogens is 230 g/mol. The van der Waals surface area contributed by atoms with E-state index in [0.29, 0.717) is 18.5 Å². The number of nitrogens with zero attached hydrogens (tertiary/aromatic N) is 2. The van der Waals surface area contributed by atoms with Crippen LogP contribution >= 0.6 is 0 Å². The minimum absolute atomic E-state index is 0.165. The van der Waals surface area contributed by atoms with Crippen LogP contribution in [0.2, 0.25) is 0 Å². The smallest absolute Gasteiger partial charge is 0.315 e. The summed E-state index contributed by atoms with van der Waals surface area (Å²) >= 11 is 0. The largest absolute Gasteiger partial charge is 0.508 e. The van der Waals surface area contributed by atoms with Gasteiger partial charge in [-0.15, -0.1) is 5.10 Å². The van der Waals surface area contributed by atoms with Crippen LogP contribution in [0.15, 0.2) is 28.7 Å². The predicted octanol–water partition coefficient (Wildman–Crippen LogP) is 2.68. The quantitative estimate of drug-likeness (QED) is 0.872. The van der Waals surface area contributed by atoms with Gasteiger partial charge < -0.3 is 14.8 Å². The number of anilines is 1. The first-order valence-corrected chi connectivity index (χ1v) is 5.81. The third kappa shape index (κ3) is 2.80. The number of hydrogen-bond donors (Lipinski definition) is 2. The van der Waals surface area contributed by atoms with Crippen LogP contribution in [-0.2, 0) is 12.0 Å². The molecule has 0 saturated carbocycles. The van der Waals surface area contributed by atoms with Gasteiger partial charge in [0.2, 0.25) is 5.89 Å². The number of aromatic hydroxyl groups is 1. The van der Waals surface area contributed by atoms with Gasteiger partial charge in [0.1, 0.15) is 5.75 Å². The molecule has 0 aliphatic rings. The normalized spacial score (nSPS) is 11.5. The molecule has 5 nitrogen and oxygen atoms in total. The van der Waals surface area contributed by atoms with E-state index in [-0.39, 0.29) is 11.2 Å². The van der Waals surface area contributed by atoms with Crippen LogP contribution in [-0.4, -0.2) is 15.3 Å². The number of phenolic OH excluding ortho intramolecular Hbond substituents is 1. The molecule has 0 atom stereocenters. The Hall–Kier alpha value is -2.04. The van der Waals surface area contributed by atoms with Gasteiger partial charge in [-0.1, -0.05) is 44.1 Å². The number of rotatable bonds is 3. The van der Waals surface area contributed by atoms with E-state index >= 15 is 0 Å². The van der Waals surface area contributed by atoms with Crippen molar-refractivity contribution in [3.63, 3.8) is 0 Å². The Labute approximate surface area is 106 Å². The van der Waals surface area contributed by atoms with Gasteiger partial charge >= 0.3 is 6.01 Å². The summed E-state index contributed by atoms with van der Waals surface area (Å²) in [4.78, 5) is 0. The zero-order valence-corrected chi connectivity index (χ0v) is 10.8. The van der Waals surface area contributed by atoms with Crippen molar-refractivity contribution in [3.05, 3.63) is 35.7 Å². The highest BCUT2D eigenvalue weighted by atomic mass is 16.4. The maximum absolute atomic E-state index is 9.62. The minimum Gasteiger partial charge on any atom is -0.508 e. The molecule has 0 fully saturated rings.